The molecule has 1 aromatic carbocycles. The Kier molecular flexibility index (Phi) is 3.84. The molecule has 7 heteroatoms. The molecule has 2 N–H and O–H groups in total. The first kappa shape index (κ1) is 14.4. The summed E-state index contributed by atoms with van der Waals surface area (Å²) in [6.45, 7) is 3.55. The number of hydrogen-bond donors (Lipinski definition) is 2. The number of nitrogens with one attached hydrogen (secondary N) is 2. The van der Waals surface area contributed by atoms with E-state index in [1.165, 1.54) is 18.3 Å². The van der Waals surface area contributed by atoms with Crippen molar-refractivity contribution in [3.05, 3.63) is 67.6 Å². The number of benzene rings is 1. The number of nitro groups is 1. The fourth-order valence-electron chi connectivity index (χ4n) is 1.83. The van der Waals surface area contributed by atoms with Crippen LogP contribution in [-0.4, -0.2) is 15.8 Å². The number of H-pyrrole nitrogens is 1. The summed E-state index contributed by atoms with van der Waals surface area (Å²) in [5, 5.41) is 13.5. The van der Waals surface area contributed by atoms with Crippen LogP contribution in [0.3, 0.4) is 0 Å². The van der Waals surface area contributed by atoms with Gasteiger partial charge in [0.25, 0.3) is 11.6 Å². The van der Waals surface area contributed by atoms with Crippen LogP contribution in [0.25, 0.3) is 0 Å². The van der Waals surface area contributed by atoms with Gasteiger partial charge in [0.2, 0.25) is 5.56 Å². The van der Waals surface area contributed by atoms with Gasteiger partial charge >= 0.3 is 0 Å². The number of aromatic amines is 1. The van der Waals surface area contributed by atoms with E-state index in [9.17, 15) is 19.7 Å². The van der Waals surface area contributed by atoms with Crippen LogP contribution in [0, 0.1) is 24.0 Å². The molecule has 0 aliphatic rings. The molecule has 1 heterocycles. The standard InChI is InChI=1S/C14H13N3O4/c1-8-5-11(12(17(20)21)6-9(8)2)16-14(19)10-3-4-15-13(18)7-10/h3-7H,1-2H3,(H,15,18)(H,16,19). The van der Waals surface area contributed by atoms with Crippen molar-refractivity contribution in [1.29, 1.82) is 0 Å². The van der Waals surface area contributed by atoms with E-state index in [4.69, 9.17) is 0 Å². The summed E-state index contributed by atoms with van der Waals surface area (Å²) in [6.07, 6.45) is 1.34. The highest BCUT2D eigenvalue weighted by Gasteiger charge is 2.18. The van der Waals surface area contributed by atoms with E-state index in [2.05, 4.69) is 10.3 Å². The Balaban J connectivity index is 2.39. The quantitative estimate of drug-likeness (QED) is 0.666. The largest absolute Gasteiger partial charge is 0.329 e. The average molecular weight is 287 g/mol. The maximum atomic E-state index is 12.1. The Labute approximate surface area is 119 Å². The van der Waals surface area contributed by atoms with E-state index >= 15 is 0 Å². The molecule has 0 fully saturated rings. The monoisotopic (exact) mass is 287 g/mol. The Hall–Kier alpha value is -2.96. The predicted molar refractivity (Wildman–Crippen MR) is 77.6 cm³/mol. The maximum absolute atomic E-state index is 12.1. The van der Waals surface area contributed by atoms with Gasteiger partial charge in [0.05, 0.1) is 4.92 Å². The van der Waals surface area contributed by atoms with E-state index in [1.54, 1.807) is 19.9 Å². The summed E-state index contributed by atoms with van der Waals surface area (Å²) >= 11 is 0. The van der Waals surface area contributed by atoms with Crippen LogP contribution < -0.4 is 10.9 Å². The second-order valence-electron chi connectivity index (χ2n) is 4.61. The van der Waals surface area contributed by atoms with Gasteiger partial charge in [0.1, 0.15) is 5.69 Å². The normalized spacial score (nSPS) is 10.2. The van der Waals surface area contributed by atoms with Gasteiger partial charge in [-0.25, -0.2) is 0 Å². The van der Waals surface area contributed by atoms with Gasteiger partial charge in [0.15, 0.2) is 0 Å². The molecule has 0 unspecified atom stereocenters. The van der Waals surface area contributed by atoms with E-state index in [0.29, 0.717) is 0 Å². The van der Waals surface area contributed by atoms with E-state index in [-0.39, 0.29) is 16.9 Å². The highest BCUT2D eigenvalue weighted by atomic mass is 16.6. The Bertz CT molecular complexity index is 780. The van der Waals surface area contributed by atoms with Crippen molar-refractivity contribution in [2.45, 2.75) is 13.8 Å². The van der Waals surface area contributed by atoms with Crippen LogP contribution >= 0.6 is 0 Å². The Morgan fingerprint density at radius 3 is 2.52 bits per heavy atom. The summed E-state index contributed by atoms with van der Waals surface area (Å²) < 4.78 is 0. The number of aromatic nitrogens is 1. The minimum absolute atomic E-state index is 0.105. The molecule has 2 aromatic rings. The molecule has 0 saturated heterocycles. The van der Waals surface area contributed by atoms with Gasteiger partial charge in [-0.15, -0.1) is 0 Å². The van der Waals surface area contributed by atoms with Crippen molar-refractivity contribution in [2.24, 2.45) is 0 Å². The van der Waals surface area contributed by atoms with E-state index in [0.717, 1.165) is 17.2 Å². The fourth-order valence-corrected chi connectivity index (χ4v) is 1.83. The number of anilines is 1. The average Bonchev–Trinajstić information content (AvgIpc) is 2.42. The molecule has 2 rings (SSSR count). The molecule has 0 bridgehead atoms. The van der Waals surface area contributed by atoms with Gasteiger partial charge in [0, 0.05) is 23.9 Å². The van der Waals surface area contributed by atoms with Gasteiger partial charge in [-0.05, 0) is 37.1 Å². The highest BCUT2D eigenvalue weighted by molar-refractivity contribution is 6.05. The summed E-state index contributed by atoms with van der Waals surface area (Å²) in [5.41, 5.74) is 1.21. The molecule has 7 nitrogen and oxygen atoms in total. The molecule has 0 radical (unpaired) electrons. The molecular formula is C14H13N3O4. The first-order chi connectivity index (χ1) is 9.88. The number of amides is 1. The number of rotatable bonds is 3. The number of nitrogens with zero attached hydrogens (tertiary/aromatic N) is 1. The van der Waals surface area contributed by atoms with Gasteiger partial charge < -0.3 is 10.3 Å². The molecule has 0 aliphatic heterocycles. The summed E-state index contributed by atoms with van der Waals surface area (Å²) in [5.74, 6) is -0.576. The lowest BCUT2D eigenvalue weighted by atomic mass is 10.1. The van der Waals surface area contributed by atoms with Crippen molar-refractivity contribution < 1.29 is 9.72 Å². The zero-order valence-corrected chi connectivity index (χ0v) is 11.5. The zero-order valence-electron chi connectivity index (χ0n) is 11.5. The molecule has 0 spiro atoms. The second-order valence-corrected chi connectivity index (χ2v) is 4.61. The van der Waals surface area contributed by atoms with Crippen molar-refractivity contribution in [3.8, 4) is 0 Å². The predicted octanol–water partition coefficient (Wildman–Crippen LogP) is 2.15. The van der Waals surface area contributed by atoms with E-state index < -0.39 is 16.4 Å². The minimum Gasteiger partial charge on any atom is -0.329 e. The topological polar surface area (TPSA) is 105 Å². The van der Waals surface area contributed by atoms with Crippen LogP contribution in [0.5, 0.6) is 0 Å². The van der Waals surface area contributed by atoms with Crippen molar-refractivity contribution in [1.82, 2.24) is 4.98 Å². The number of hydrogen-bond acceptors (Lipinski definition) is 4. The molecule has 1 aromatic heterocycles. The molecule has 0 atom stereocenters. The van der Waals surface area contributed by atoms with Crippen LogP contribution in [0.2, 0.25) is 0 Å². The third-order valence-electron chi connectivity index (χ3n) is 3.09. The smallest absolute Gasteiger partial charge is 0.293 e. The molecule has 0 saturated carbocycles. The molecule has 1 amide bonds. The third-order valence-corrected chi connectivity index (χ3v) is 3.09. The van der Waals surface area contributed by atoms with Crippen LogP contribution in [-0.2, 0) is 0 Å². The number of pyridine rings is 1. The van der Waals surface area contributed by atoms with Crippen LogP contribution in [0.4, 0.5) is 11.4 Å². The third kappa shape index (κ3) is 3.14. The zero-order chi connectivity index (χ0) is 15.6. The van der Waals surface area contributed by atoms with E-state index in [1.807, 2.05) is 0 Å². The van der Waals surface area contributed by atoms with Gasteiger partial charge in [-0.3, -0.25) is 19.7 Å². The summed E-state index contributed by atoms with van der Waals surface area (Å²) in [6, 6.07) is 5.49. The lowest BCUT2D eigenvalue weighted by Gasteiger charge is -2.08. The SMILES string of the molecule is Cc1cc(NC(=O)c2cc[nH]c(=O)c2)c([N+](=O)[O-])cc1C. The fraction of sp³-hybridized carbons (Fsp3) is 0.143. The van der Waals surface area contributed by atoms with Crippen molar-refractivity contribution in [3.63, 3.8) is 0 Å². The number of nitro benzene ring substituents is 1. The number of carbonyl (C=O) groups is 1. The van der Waals surface area contributed by atoms with Gasteiger partial charge in [-0.2, -0.15) is 0 Å². The first-order valence-electron chi connectivity index (χ1n) is 6.14. The summed E-state index contributed by atoms with van der Waals surface area (Å²) in [7, 11) is 0. The molecule has 21 heavy (non-hydrogen) atoms. The van der Waals surface area contributed by atoms with Crippen LogP contribution in [0.15, 0.2) is 35.3 Å². The Morgan fingerprint density at radius 2 is 1.90 bits per heavy atom. The number of carbonyl (C=O) groups excluding carboxylic acids is 1. The highest BCUT2D eigenvalue weighted by Crippen LogP contribution is 2.28. The molecule has 108 valence electrons. The van der Waals surface area contributed by atoms with Crippen molar-refractivity contribution >= 4 is 17.3 Å². The number of aryl methyl sites for hydroxylation is 2. The first-order valence-corrected chi connectivity index (χ1v) is 6.14. The second kappa shape index (κ2) is 5.58. The minimum atomic E-state index is -0.576. The summed E-state index contributed by atoms with van der Waals surface area (Å²) in [4.78, 5) is 36.1. The molecular weight excluding hydrogens is 274 g/mol. The lowest BCUT2D eigenvalue weighted by Crippen LogP contribution is -2.16. The molecule has 0 aliphatic carbocycles. The van der Waals surface area contributed by atoms with Crippen molar-refractivity contribution in [2.75, 3.05) is 5.32 Å². The lowest BCUT2D eigenvalue weighted by molar-refractivity contribution is -0.384. The Morgan fingerprint density at radius 1 is 1.24 bits per heavy atom. The van der Waals surface area contributed by atoms with Crippen LogP contribution in [0.1, 0.15) is 21.5 Å². The van der Waals surface area contributed by atoms with Gasteiger partial charge in [-0.1, -0.05) is 0 Å². The maximum Gasteiger partial charge on any atom is 0.293 e.